The fourth-order valence-corrected chi connectivity index (χ4v) is 3.84. The lowest BCUT2D eigenvalue weighted by atomic mass is 10.2. The number of primary sulfonamides is 1. The summed E-state index contributed by atoms with van der Waals surface area (Å²) in [5, 5.41) is 15.4. The van der Waals surface area contributed by atoms with Gasteiger partial charge in [0, 0.05) is 24.0 Å². The first kappa shape index (κ1) is 22.4. The zero-order chi connectivity index (χ0) is 22.3. The van der Waals surface area contributed by atoms with Crippen LogP contribution in [0.5, 0.6) is 0 Å². The molecule has 0 aliphatic carbocycles. The van der Waals surface area contributed by atoms with Crippen molar-refractivity contribution in [2.24, 2.45) is 5.14 Å². The van der Waals surface area contributed by atoms with Crippen molar-refractivity contribution < 1.29 is 18.0 Å². The molecule has 5 N–H and O–H groups in total. The monoisotopic (exact) mass is 459 g/mol. The number of nitrogens with one attached hydrogen (secondary N) is 3. The van der Waals surface area contributed by atoms with E-state index in [0.717, 1.165) is 5.56 Å². The van der Waals surface area contributed by atoms with Gasteiger partial charge in [-0.15, -0.1) is 11.3 Å². The molecule has 0 bridgehead atoms. The SMILES string of the molecule is NS(=O)(=O)c1ccc(CNC(=O)CCc2csc(NC(=O)Nc3ccccc3)n2)cc1. The van der Waals surface area contributed by atoms with Crippen LogP contribution in [-0.2, 0) is 27.8 Å². The zero-order valence-corrected chi connectivity index (χ0v) is 18.0. The Morgan fingerprint density at radius 1 is 1.00 bits per heavy atom. The molecule has 0 spiro atoms. The summed E-state index contributed by atoms with van der Waals surface area (Å²) in [5.41, 5.74) is 2.13. The lowest BCUT2D eigenvalue weighted by molar-refractivity contribution is -0.121. The molecule has 9 nitrogen and oxygen atoms in total. The lowest BCUT2D eigenvalue weighted by Gasteiger charge is -2.06. The number of sulfonamides is 1. The van der Waals surface area contributed by atoms with Crippen molar-refractivity contribution in [2.75, 3.05) is 10.6 Å². The molecule has 0 aliphatic rings. The molecule has 11 heteroatoms. The summed E-state index contributed by atoms with van der Waals surface area (Å²) in [5.74, 6) is -0.167. The van der Waals surface area contributed by atoms with Crippen molar-refractivity contribution in [3.05, 3.63) is 71.2 Å². The first-order valence-electron chi connectivity index (χ1n) is 9.25. The largest absolute Gasteiger partial charge is 0.352 e. The van der Waals surface area contributed by atoms with E-state index in [1.807, 2.05) is 18.2 Å². The van der Waals surface area contributed by atoms with Crippen molar-refractivity contribution in [1.82, 2.24) is 10.3 Å². The van der Waals surface area contributed by atoms with Crippen LogP contribution in [-0.4, -0.2) is 25.3 Å². The highest BCUT2D eigenvalue weighted by molar-refractivity contribution is 7.89. The Hall–Kier alpha value is -3.28. The number of thiazole rings is 1. The molecule has 0 unspecified atom stereocenters. The summed E-state index contributed by atoms with van der Waals surface area (Å²) in [6.45, 7) is 0.271. The Kier molecular flexibility index (Phi) is 7.34. The molecule has 162 valence electrons. The Bertz CT molecular complexity index is 1150. The molecule has 1 heterocycles. The van der Waals surface area contributed by atoms with Crippen molar-refractivity contribution in [2.45, 2.75) is 24.3 Å². The van der Waals surface area contributed by atoms with Crippen LogP contribution >= 0.6 is 11.3 Å². The number of aromatic nitrogens is 1. The van der Waals surface area contributed by atoms with Gasteiger partial charge in [0.2, 0.25) is 15.9 Å². The highest BCUT2D eigenvalue weighted by Gasteiger charge is 2.10. The molecule has 3 amide bonds. The Balaban J connectivity index is 1.41. The van der Waals surface area contributed by atoms with Gasteiger partial charge in [0.25, 0.3) is 0 Å². The number of nitrogens with two attached hydrogens (primary N) is 1. The lowest BCUT2D eigenvalue weighted by Crippen LogP contribution is -2.23. The number of urea groups is 1. The van der Waals surface area contributed by atoms with Crippen molar-refractivity contribution in [1.29, 1.82) is 0 Å². The first-order valence-corrected chi connectivity index (χ1v) is 11.7. The fraction of sp³-hybridized carbons (Fsp3) is 0.150. The quantitative estimate of drug-likeness (QED) is 0.409. The molecule has 31 heavy (non-hydrogen) atoms. The third-order valence-electron chi connectivity index (χ3n) is 4.15. The number of amides is 3. The van der Waals surface area contributed by atoms with Crippen LogP contribution in [0.4, 0.5) is 15.6 Å². The van der Waals surface area contributed by atoms with Crippen LogP contribution in [0.3, 0.4) is 0 Å². The second kappa shape index (κ2) is 10.2. The number of nitrogens with zero attached hydrogens (tertiary/aromatic N) is 1. The third kappa shape index (κ3) is 7.17. The van der Waals surface area contributed by atoms with E-state index < -0.39 is 16.1 Å². The number of aryl methyl sites for hydroxylation is 1. The van der Waals surface area contributed by atoms with Gasteiger partial charge in [-0.3, -0.25) is 10.1 Å². The molecule has 1 aromatic heterocycles. The summed E-state index contributed by atoms with van der Waals surface area (Å²) in [4.78, 5) is 28.4. The highest BCUT2D eigenvalue weighted by Crippen LogP contribution is 2.17. The second-order valence-electron chi connectivity index (χ2n) is 6.55. The van der Waals surface area contributed by atoms with Gasteiger partial charge in [-0.25, -0.2) is 23.3 Å². The van der Waals surface area contributed by atoms with Crippen LogP contribution in [0.2, 0.25) is 0 Å². The third-order valence-corrected chi connectivity index (χ3v) is 5.89. The second-order valence-corrected chi connectivity index (χ2v) is 8.97. The molecular weight excluding hydrogens is 438 g/mol. The fourth-order valence-electron chi connectivity index (χ4n) is 2.59. The Labute approximate surface area is 183 Å². The summed E-state index contributed by atoms with van der Waals surface area (Å²) >= 11 is 1.28. The first-order chi connectivity index (χ1) is 14.8. The van der Waals surface area contributed by atoms with Crippen LogP contribution in [0, 0.1) is 0 Å². The molecule has 0 aliphatic heterocycles. The van der Waals surface area contributed by atoms with E-state index in [4.69, 9.17) is 5.14 Å². The zero-order valence-electron chi connectivity index (χ0n) is 16.4. The maximum absolute atomic E-state index is 12.1. The molecule has 3 aromatic rings. The Morgan fingerprint density at radius 3 is 2.39 bits per heavy atom. The van der Waals surface area contributed by atoms with Gasteiger partial charge in [-0.05, 0) is 36.2 Å². The van der Waals surface area contributed by atoms with Gasteiger partial charge in [0.05, 0.1) is 10.6 Å². The van der Waals surface area contributed by atoms with E-state index in [1.54, 1.807) is 29.6 Å². The van der Waals surface area contributed by atoms with Crippen molar-refractivity contribution >= 4 is 44.1 Å². The number of hydrogen-bond acceptors (Lipinski definition) is 6. The maximum atomic E-state index is 12.1. The molecule has 2 aromatic carbocycles. The number of para-hydroxylation sites is 1. The van der Waals surface area contributed by atoms with Crippen LogP contribution < -0.4 is 21.1 Å². The summed E-state index contributed by atoms with van der Waals surface area (Å²) in [6.07, 6.45) is 0.656. The molecule has 0 atom stereocenters. The predicted molar refractivity (Wildman–Crippen MR) is 119 cm³/mol. The number of carbonyl (C=O) groups is 2. The van der Waals surface area contributed by atoms with Gasteiger partial charge < -0.3 is 10.6 Å². The molecule has 0 radical (unpaired) electrons. The summed E-state index contributed by atoms with van der Waals surface area (Å²) in [7, 11) is -3.74. The molecule has 0 saturated heterocycles. The Morgan fingerprint density at radius 2 is 1.71 bits per heavy atom. The van der Waals surface area contributed by atoms with Gasteiger partial charge in [-0.2, -0.15) is 0 Å². The average Bonchev–Trinajstić information content (AvgIpc) is 3.18. The van der Waals surface area contributed by atoms with E-state index in [2.05, 4.69) is 20.9 Å². The van der Waals surface area contributed by atoms with E-state index >= 15 is 0 Å². The van der Waals surface area contributed by atoms with E-state index in [9.17, 15) is 18.0 Å². The number of anilines is 2. The summed E-state index contributed by atoms with van der Waals surface area (Å²) in [6, 6.07) is 14.7. The van der Waals surface area contributed by atoms with Crippen LogP contribution in [0.1, 0.15) is 17.7 Å². The van der Waals surface area contributed by atoms with E-state index in [0.29, 0.717) is 22.9 Å². The highest BCUT2D eigenvalue weighted by atomic mass is 32.2. The molecule has 3 rings (SSSR count). The molecule has 0 fully saturated rings. The minimum atomic E-state index is -3.74. The van der Waals surface area contributed by atoms with Crippen LogP contribution in [0.15, 0.2) is 64.9 Å². The minimum Gasteiger partial charge on any atom is -0.352 e. The smallest absolute Gasteiger partial charge is 0.325 e. The standard InChI is InChI=1S/C20H21N5O4S2/c21-31(28,29)17-9-6-14(7-10-17)12-22-18(26)11-8-16-13-30-20(24-16)25-19(27)23-15-4-2-1-3-5-15/h1-7,9-10,13H,8,11-12H2,(H,22,26)(H2,21,28,29)(H2,23,24,25,27). The van der Waals surface area contributed by atoms with Gasteiger partial charge in [0.15, 0.2) is 5.13 Å². The van der Waals surface area contributed by atoms with E-state index in [-0.39, 0.29) is 23.8 Å². The number of carbonyl (C=O) groups excluding carboxylic acids is 2. The maximum Gasteiger partial charge on any atom is 0.325 e. The number of benzene rings is 2. The topological polar surface area (TPSA) is 143 Å². The number of rotatable bonds is 8. The number of hydrogen-bond donors (Lipinski definition) is 4. The van der Waals surface area contributed by atoms with Crippen LogP contribution in [0.25, 0.3) is 0 Å². The molecular formula is C20H21N5O4S2. The van der Waals surface area contributed by atoms with Crippen molar-refractivity contribution in [3.63, 3.8) is 0 Å². The molecule has 0 saturated carbocycles. The van der Waals surface area contributed by atoms with Gasteiger partial charge in [-0.1, -0.05) is 30.3 Å². The summed E-state index contributed by atoms with van der Waals surface area (Å²) < 4.78 is 22.5. The predicted octanol–water partition coefficient (Wildman–Crippen LogP) is 2.68. The average molecular weight is 460 g/mol. The van der Waals surface area contributed by atoms with Crippen molar-refractivity contribution in [3.8, 4) is 0 Å². The van der Waals surface area contributed by atoms with E-state index in [1.165, 1.54) is 23.5 Å². The van der Waals surface area contributed by atoms with Gasteiger partial charge in [0.1, 0.15) is 0 Å². The minimum absolute atomic E-state index is 0.0213. The van der Waals surface area contributed by atoms with Gasteiger partial charge >= 0.3 is 6.03 Å². The normalized spacial score (nSPS) is 11.0.